The van der Waals surface area contributed by atoms with Gasteiger partial charge in [-0.3, -0.25) is 4.68 Å². The van der Waals surface area contributed by atoms with Crippen LogP contribution in [-0.4, -0.2) is 9.78 Å². The Kier molecular flexibility index (Phi) is 3.26. The SMILES string of the molecule is CCC1CCCC(n2cc(Br)cn2)C1. The summed E-state index contributed by atoms with van der Waals surface area (Å²) in [4.78, 5) is 0. The van der Waals surface area contributed by atoms with Crippen molar-refractivity contribution in [3.8, 4) is 0 Å². The molecule has 1 aliphatic rings. The highest BCUT2D eigenvalue weighted by atomic mass is 79.9. The Morgan fingerprint density at radius 2 is 2.43 bits per heavy atom. The molecule has 0 amide bonds. The molecule has 0 aliphatic heterocycles. The van der Waals surface area contributed by atoms with E-state index in [-0.39, 0.29) is 0 Å². The van der Waals surface area contributed by atoms with E-state index in [2.05, 4.69) is 38.8 Å². The van der Waals surface area contributed by atoms with E-state index in [1.54, 1.807) is 0 Å². The third-order valence-corrected chi connectivity index (χ3v) is 3.69. The van der Waals surface area contributed by atoms with Gasteiger partial charge in [-0.15, -0.1) is 0 Å². The molecule has 1 aliphatic carbocycles. The molecule has 0 N–H and O–H groups in total. The lowest BCUT2D eigenvalue weighted by molar-refractivity contribution is 0.247. The van der Waals surface area contributed by atoms with E-state index in [1.165, 1.54) is 32.1 Å². The van der Waals surface area contributed by atoms with Gasteiger partial charge in [-0.2, -0.15) is 5.10 Å². The van der Waals surface area contributed by atoms with Crippen LogP contribution in [0.25, 0.3) is 0 Å². The number of nitrogens with zero attached hydrogens (tertiary/aromatic N) is 2. The van der Waals surface area contributed by atoms with Crippen molar-refractivity contribution in [2.45, 2.75) is 45.1 Å². The standard InChI is InChI=1S/C11H17BrN2/c1-2-9-4-3-5-11(6-9)14-8-10(12)7-13-14/h7-9,11H,2-6H2,1H3. The Morgan fingerprint density at radius 3 is 3.07 bits per heavy atom. The predicted octanol–water partition coefficient (Wildman–Crippen LogP) is 3.79. The van der Waals surface area contributed by atoms with Crippen LogP contribution in [0.3, 0.4) is 0 Å². The smallest absolute Gasteiger partial charge is 0.0632 e. The molecule has 2 atom stereocenters. The summed E-state index contributed by atoms with van der Waals surface area (Å²) in [5.41, 5.74) is 0. The van der Waals surface area contributed by atoms with Crippen LogP contribution in [0.4, 0.5) is 0 Å². The second-order valence-electron chi connectivity index (χ2n) is 4.23. The molecule has 0 saturated heterocycles. The molecule has 14 heavy (non-hydrogen) atoms. The normalized spacial score (nSPS) is 27.9. The molecule has 2 rings (SSSR count). The van der Waals surface area contributed by atoms with E-state index in [4.69, 9.17) is 0 Å². The first-order chi connectivity index (χ1) is 6.79. The summed E-state index contributed by atoms with van der Waals surface area (Å²) < 4.78 is 3.22. The van der Waals surface area contributed by atoms with Gasteiger partial charge in [0, 0.05) is 6.20 Å². The van der Waals surface area contributed by atoms with Crippen LogP contribution in [0, 0.1) is 5.92 Å². The van der Waals surface area contributed by atoms with Crippen LogP contribution in [0.2, 0.25) is 0 Å². The Bertz CT molecular complexity index is 295. The molecule has 1 saturated carbocycles. The highest BCUT2D eigenvalue weighted by Gasteiger charge is 2.22. The fourth-order valence-electron chi connectivity index (χ4n) is 2.39. The molecule has 3 heteroatoms. The number of rotatable bonds is 2. The van der Waals surface area contributed by atoms with Crippen molar-refractivity contribution < 1.29 is 0 Å². The maximum Gasteiger partial charge on any atom is 0.0632 e. The van der Waals surface area contributed by atoms with E-state index < -0.39 is 0 Å². The highest BCUT2D eigenvalue weighted by molar-refractivity contribution is 9.10. The summed E-state index contributed by atoms with van der Waals surface area (Å²) in [6.07, 6.45) is 10.7. The lowest BCUT2D eigenvalue weighted by Crippen LogP contribution is -2.19. The van der Waals surface area contributed by atoms with Gasteiger partial charge in [-0.05, 0) is 34.7 Å². The van der Waals surface area contributed by atoms with Crippen molar-refractivity contribution in [1.82, 2.24) is 9.78 Å². The van der Waals surface area contributed by atoms with Gasteiger partial charge in [-0.25, -0.2) is 0 Å². The second kappa shape index (κ2) is 4.47. The van der Waals surface area contributed by atoms with Crippen LogP contribution < -0.4 is 0 Å². The highest BCUT2D eigenvalue weighted by Crippen LogP contribution is 2.33. The van der Waals surface area contributed by atoms with Crippen LogP contribution in [0.5, 0.6) is 0 Å². The van der Waals surface area contributed by atoms with Crippen molar-refractivity contribution in [2.75, 3.05) is 0 Å². The van der Waals surface area contributed by atoms with Crippen LogP contribution in [0.15, 0.2) is 16.9 Å². The van der Waals surface area contributed by atoms with Crippen molar-refractivity contribution in [2.24, 2.45) is 5.92 Å². The van der Waals surface area contributed by atoms with Gasteiger partial charge in [0.2, 0.25) is 0 Å². The summed E-state index contributed by atoms with van der Waals surface area (Å²) in [5, 5.41) is 4.38. The Hall–Kier alpha value is -0.310. The average molecular weight is 257 g/mol. The summed E-state index contributed by atoms with van der Waals surface area (Å²) in [7, 11) is 0. The van der Waals surface area contributed by atoms with Crippen molar-refractivity contribution in [3.63, 3.8) is 0 Å². The lowest BCUT2D eigenvalue weighted by atomic mass is 9.84. The average Bonchev–Trinajstić information content (AvgIpc) is 2.65. The van der Waals surface area contributed by atoms with Gasteiger partial charge < -0.3 is 0 Å². The van der Waals surface area contributed by atoms with Gasteiger partial charge in [-0.1, -0.05) is 26.2 Å². The predicted molar refractivity (Wildman–Crippen MR) is 61.2 cm³/mol. The van der Waals surface area contributed by atoms with Crippen LogP contribution in [0.1, 0.15) is 45.1 Å². The number of hydrogen-bond acceptors (Lipinski definition) is 1. The Morgan fingerprint density at radius 1 is 1.57 bits per heavy atom. The molecule has 1 aromatic heterocycles. The lowest BCUT2D eigenvalue weighted by Gasteiger charge is -2.28. The van der Waals surface area contributed by atoms with Gasteiger partial charge in [0.15, 0.2) is 0 Å². The van der Waals surface area contributed by atoms with Crippen LogP contribution >= 0.6 is 15.9 Å². The van der Waals surface area contributed by atoms with Gasteiger partial charge in [0.25, 0.3) is 0 Å². The minimum Gasteiger partial charge on any atom is -0.269 e. The minimum atomic E-state index is 0.639. The molecule has 0 aromatic carbocycles. The first-order valence-corrected chi connectivity index (χ1v) is 6.28. The molecule has 0 bridgehead atoms. The molecule has 0 spiro atoms. The van der Waals surface area contributed by atoms with Gasteiger partial charge in [0.05, 0.1) is 16.7 Å². The van der Waals surface area contributed by atoms with Crippen molar-refractivity contribution in [1.29, 1.82) is 0 Å². The second-order valence-corrected chi connectivity index (χ2v) is 5.15. The molecule has 0 radical (unpaired) electrons. The maximum atomic E-state index is 4.38. The van der Waals surface area contributed by atoms with Gasteiger partial charge in [0.1, 0.15) is 0 Å². The quantitative estimate of drug-likeness (QED) is 0.788. The Labute approximate surface area is 93.8 Å². The molecule has 1 heterocycles. The number of hydrogen-bond donors (Lipinski definition) is 0. The third-order valence-electron chi connectivity index (χ3n) is 3.28. The number of aromatic nitrogens is 2. The fourth-order valence-corrected chi connectivity index (χ4v) is 2.69. The topological polar surface area (TPSA) is 17.8 Å². The third kappa shape index (κ3) is 2.19. The zero-order chi connectivity index (χ0) is 9.97. The van der Waals surface area contributed by atoms with Crippen LogP contribution in [-0.2, 0) is 0 Å². The summed E-state index contributed by atoms with van der Waals surface area (Å²) in [6.45, 7) is 2.30. The van der Waals surface area contributed by atoms with E-state index in [0.29, 0.717) is 6.04 Å². The molecule has 78 valence electrons. The maximum absolute atomic E-state index is 4.38. The van der Waals surface area contributed by atoms with E-state index in [0.717, 1.165) is 10.4 Å². The summed E-state index contributed by atoms with van der Waals surface area (Å²) >= 11 is 3.45. The molecular weight excluding hydrogens is 240 g/mol. The monoisotopic (exact) mass is 256 g/mol. The van der Waals surface area contributed by atoms with E-state index in [1.807, 2.05) is 6.20 Å². The molecular formula is C11H17BrN2. The summed E-state index contributed by atoms with van der Waals surface area (Å²) in [6, 6.07) is 0.639. The zero-order valence-electron chi connectivity index (χ0n) is 8.62. The first kappa shape index (κ1) is 10.2. The molecule has 1 fully saturated rings. The van der Waals surface area contributed by atoms with Crippen molar-refractivity contribution >= 4 is 15.9 Å². The van der Waals surface area contributed by atoms with E-state index >= 15 is 0 Å². The largest absolute Gasteiger partial charge is 0.269 e. The summed E-state index contributed by atoms with van der Waals surface area (Å²) in [5.74, 6) is 0.914. The fraction of sp³-hybridized carbons (Fsp3) is 0.727. The molecule has 2 nitrogen and oxygen atoms in total. The zero-order valence-corrected chi connectivity index (χ0v) is 10.2. The first-order valence-electron chi connectivity index (χ1n) is 5.49. The van der Waals surface area contributed by atoms with E-state index in [9.17, 15) is 0 Å². The number of halogens is 1. The van der Waals surface area contributed by atoms with Gasteiger partial charge >= 0.3 is 0 Å². The molecule has 1 aromatic rings. The molecule has 2 unspecified atom stereocenters. The Balaban J connectivity index is 2.04. The minimum absolute atomic E-state index is 0.639. The van der Waals surface area contributed by atoms with Crippen molar-refractivity contribution in [3.05, 3.63) is 16.9 Å².